The van der Waals surface area contributed by atoms with Gasteiger partial charge in [0.15, 0.2) is 0 Å². The van der Waals surface area contributed by atoms with E-state index in [1.165, 1.54) is 36.4 Å². The van der Waals surface area contributed by atoms with Crippen LogP contribution in [0.3, 0.4) is 0 Å². The number of benzene rings is 2. The minimum Gasteiger partial charge on any atom is -0.545 e. The zero-order valence-electron chi connectivity index (χ0n) is 10.0. The smallest absolute Gasteiger partial charge is 0.264 e. The molecular formula is C13H9FNO4S-. The van der Waals surface area contributed by atoms with Crippen LogP contribution < -0.4 is 9.83 Å². The molecule has 0 atom stereocenters. The fourth-order valence-corrected chi connectivity index (χ4v) is 2.69. The number of aromatic carboxylic acids is 1. The first-order chi connectivity index (χ1) is 9.40. The van der Waals surface area contributed by atoms with Crippen LogP contribution in [0.5, 0.6) is 0 Å². The number of rotatable bonds is 4. The second-order valence-corrected chi connectivity index (χ2v) is 5.55. The van der Waals surface area contributed by atoms with Crippen LogP contribution >= 0.6 is 0 Å². The molecule has 0 unspecified atom stereocenters. The molecule has 0 aromatic heterocycles. The largest absolute Gasteiger partial charge is 0.545 e. The van der Waals surface area contributed by atoms with E-state index in [1.54, 1.807) is 0 Å². The van der Waals surface area contributed by atoms with Crippen molar-refractivity contribution in [3.63, 3.8) is 0 Å². The summed E-state index contributed by atoms with van der Waals surface area (Å²) >= 11 is 0. The van der Waals surface area contributed by atoms with Crippen molar-refractivity contribution in [2.24, 2.45) is 0 Å². The molecule has 0 fully saturated rings. The molecule has 104 valence electrons. The fourth-order valence-electron chi connectivity index (χ4n) is 1.55. The molecule has 2 aromatic carbocycles. The Morgan fingerprint density at radius 1 is 1.05 bits per heavy atom. The maximum Gasteiger partial charge on any atom is 0.264 e. The van der Waals surface area contributed by atoms with Crippen LogP contribution in [0.25, 0.3) is 0 Å². The van der Waals surface area contributed by atoms with Gasteiger partial charge in [-0.1, -0.05) is 24.3 Å². The molecule has 0 heterocycles. The SMILES string of the molecule is O=C([O-])c1ccc(NS(=O)(=O)c2ccccc2F)cc1. The molecular weight excluding hydrogens is 285 g/mol. The van der Waals surface area contributed by atoms with Gasteiger partial charge in [0.05, 0.1) is 5.97 Å². The van der Waals surface area contributed by atoms with Crippen LogP contribution in [-0.2, 0) is 10.0 Å². The van der Waals surface area contributed by atoms with E-state index in [1.807, 2.05) is 0 Å². The van der Waals surface area contributed by atoms with E-state index in [2.05, 4.69) is 4.72 Å². The van der Waals surface area contributed by atoms with E-state index < -0.39 is 26.7 Å². The van der Waals surface area contributed by atoms with Crippen LogP contribution in [0.15, 0.2) is 53.4 Å². The van der Waals surface area contributed by atoms with E-state index in [4.69, 9.17) is 0 Å². The first-order valence-corrected chi connectivity index (χ1v) is 6.97. The molecule has 0 aliphatic heterocycles. The third-order valence-corrected chi connectivity index (χ3v) is 3.91. The Balaban J connectivity index is 2.29. The minimum atomic E-state index is -4.07. The number of sulfonamides is 1. The van der Waals surface area contributed by atoms with Gasteiger partial charge in [0, 0.05) is 5.69 Å². The Kier molecular flexibility index (Phi) is 3.71. The monoisotopic (exact) mass is 294 g/mol. The Hall–Kier alpha value is -2.41. The average molecular weight is 294 g/mol. The van der Waals surface area contributed by atoms with E-state index in [9.17, 15) is 22.7 Å². The summed E-state index contributed by atoms with van der Waals surface area (Å²) in [5.41, 5.74) is 0.0390. The third kappa shape index (κ3) is 2.94. The summed E-state index contributed by atoms with van der Waals surface area (Å²) in [7, 11) is -4.07. The molecule has 2 rings (SSSR count). The summed E-state index contributed by atoms with van der Waals surface area (Å²) in [4.78, 5) is 10.1. The quantitative estimate of drug-likeness (QED) is 0.911. The number of hydrogen-bond donors (Lipinski definition) is 1. The molecule has 2 aromatic rings. The highest BCUT2D eigenvalue weighted by Crippen LogP contribution is 2.18. The number of carbonyl (C=O) groups is 1. The molecule has 1 N–H and O–H groups in total. The predicted molar refractivity (Wildman–Crippen MR) is 68.0 cm³/mol. The minimum absolute atomic E-state index is 0.0844. The lowest BCUT2D eigenvalue weighted by molar-refractivity contribution is -0.255. The van der Waals surface area contributed by atoms with Crippen LogP contribution in [-0.4, -0.2) is 14.4 Å². The normalized spacial score (nSPS) is 11.1. The van der Waals surface area contributed by atoms with E-state index in [0.29, 0.717) is 0 Å². The van der Waals surface area contributed by atoms with Crippen LogP contribution in [0.1, 0.15) is 10.4 Å². The van der Waals surface area contributed by atoms with Gasteiger partial charge in [0.1, 0.15) is 10.7 Å². The second-order valence-electron chi connectivity index (χ2n) is 3.90. The standard InChI is InChI=1S/C13H10FNO4S/c14-11-3-1-2-4-12(11)20(18,19)15-10-7-5-9(6-8-10)13(16)17/h1-8,15H,(H,16,17)/p-1. The topological polar surface area (TPSA) is 86.3 Å². The summed E-state index contributed by atoms with van der Waals surface area (Å²) in [6.45, 7) is 0. The Morgan fingerprint density at radius 2 is 1.65 bits per heavy atom. The maximum absolute atomic E-state index is 13.5. The Bertz CT molecular complexity index is 741. The molecule has 0 aliphatic rings. The molecule has 0 spiro atoms. The summed E-state index contributed by atoms with van der Waals surface area (Å²) in [6.07, 6.45) is 0. The van der Waals surface area contributed by atoms with Gasteiger partial charge in [-0.15, -0.1) is 0 Å². The van der Waals surface area contributed by atoms with E-state index >= 15 is 0 Å². The second kappa shape index (κ2) is 5.30. The van der Waals surface area contributed by atoms with Crippen LogP contribution in [0.2, 0.25) is 0 Å². The Labute approximate surface area is 114 Å². The lowest BCUT2D eigenvalue weighted by Crippen LogP contribution is -2.22. The number of halogens is 1. The zero-order chi connectivity index (χ0) is 14.8. The third-order valence-electron chi connectivity index (χ3n) is 2.50. The first-order valence-electron chi connectivity index (χ1n) is 5.49. The van der Waals surface area contributed by atoms with Crippen molar-refractivity contribution in [1.82, 2.24) is 0 Å². The summed E-state index contributed by atoms with van der Waals surface area (Å²) in [6, 6.07) is 9.83. The lowest BCUT2D eigenvalue weighted by Gasteiger charge is -2.09. The van der Waals surface area contributed by atoms with Crippen LogP contribution in [0, 0.1) is 5.82 Å². The first kappa shape index (κ1) is 14.0. The molecule has 0 amide bonds. The number of carboxylic acids is 1. The molecule has 0 bridgehead atoms. The van der Waals surface area contributed by atoms with Gasteiger partial charge in [-0.3, -0.25) is 4.72 Å². The molecule has 5 nitrogen and oxygen atoms in total. The molecule has 0 radical (unpaired) electrons. The number of hydrogen-bond acceptors (Lipinski definition) is 4. The van der Waals surface area contributed by atoms with Crippen molar-refractivity contribution in [3.05, 3.63) is 59.9 Å². The highest BCUT2D eigenvalue weighted by atomic mass is 32.2. The molecule has 0 aliphatic carbocycles. The molecule has 20 heavy (non-hydrogen) atoms. The van der Waals surface area contributed by atoms with Crippen molar-refractivity contribution in [1.29, 1.82) is 0 Å². The average Bonchev–Trinajstić information content (AvgIpc) is 2.39. The van der Waals surface area contributed by atoms with Crippen molar-refractivity contribution in [2.75, 3.05) is 4.72 Å². The van der Waals surface area contributed by atoms with Gasteiger partial charge >= 0.3 is 0 Å². The van der Waals surface area contributed by atoms with Crippen molar-refractivity contribution < 1.29 is 22.7 Å². The molecule has 0 saturated heterocycles. The number of carboxylic acid groups (broad SMARTS) is 1. The highest BCUT2D eigenvalue weighted by Gasteiger charge is 2.18. The lowest BCUT2D eigenvalue weighted by atomic mass is 10.2. The summed E-state index contributed by atoms with van der Waals surface area (Å²) in [5.74, 6) is -2.24. The van der Waals surface area contributed by atoms with E-state index in [-0.39, 0.29) is 11.3 Å². The van der Waals surface area contributed by atoms with Crippen molar-refractivity contribution in [2.45, 2.75) is 4.90 Å². The summed E-state index contributed by atoms with van der Waals surface area (Å²) < 4.78 is 39.5. The van der Waals surface area contributed by atoms with Gasteiger partial charge < -0.3 is 9.90 Å². The zero-order valence-corrected chi connectivity index (χ0v) is 10.9. The van der Waals surface area contributed by atoms with Crippen molar-refractivity contribution in [3.8, 4) is 0 Å². The molecule has 7 heteroatoms. The number of carbonyl (C=O) groups excluding carboxylic acids is 1. The predicted octanol–water partition coefficient (Wildman–Crippen LogP) is 0.990. The van der Waals surface area contributed by atoms with Gasteiger partial charge in [0.25, 0.3) is 10.0 Å². The van der Waals surface area contributed by atoms with Crippen LogP contribution in [0.4, 0.5) is 10.1 Å². The van der Waals surface area contributed by atoms with Gasteiger partial charge in [-0.2, -0.15) is 0 Å². The van der Waals surface area contributed by atoms with Gasteiger partial charge in [0.2, 0.25) is 0 Å². The van der Waals surface area contributed by atoms with Crippen molar-refractivity contribution >= 4 is 21.7 Å². The fraction of sp³-hybridized carbons (Fsp3) is 0. The number of nitrogens with one attached hydrogen (secondary N) is 1. The maximum atomic E-state index is 13.5. The van der Waals surface area contributed by atoms with Gasteiger partial charge in [-0.05, 0) is 29.8 Å². The summed E-state index contributed by atoms with van der Waals surface area (Å²) in [5, 5.41) is 10.6. The van der Waals surface area contributed by atoms with Gasteiger partial charge in [-0.25, -0.2) is 12.8 Å². The number of anilines is 1. The highest BCUT2D eigenvalue weighted by molar-refractivity contribution is 7.92. The Morgan fingerprint density at radius 3 is 2.20 bits per heavy atom. The molecule has 0 saturated carbocycles. The van der Waals surface area contributed by atoms with E-state index in [0.717, 1.165) is 12.1 Å².